The third-order valence-electron chi connectivity index (χ3n) is 5.89. The molecule has 31 heavy (non-hydrogen) atoms. The van der Waals surface area contributed by atoms with E-state index in [0.29, 0.717) is 22.8 Å². The summed E-state index contributed by atoms with van der Waals surface area (Å²) in [7, 11) is 3.34. The van der Waals surface area contributed by atoms with Gasteiger partial charge in [0.05, 0.1) is 5.56 Å². The van der Waals surface area contributed by atoms with E-state index in [-0.39, 0.29) is 18.2 Å². The Kier molecular flexibility index (Phi) is 8.11. The normalized spacial score (nSPS) is 15.5. The summed E-state index contributed by atoms with van der Waals surface area (Å²) in [4.78, 5) is 34.1. The van der Waals surface area contributed by atoms with E-state index < -0.39 is 5.91 Å². The van der Waals surface area contributed by atoms with Gasteiger partial charge in [-0.1, -0.05) is 50.1 Å². The summed E-state index contributed by atoms with van der Waals surface area (Å²) in [6, 6.07) is 1.67. The van der Waals surface area contributed by atoms with Crippen molar-refractivity contribution in [3.05, 3.63) is 29.9 Å². The van der Waals surface area contributed by atoms with Crippen LogP contribution >= 0.6 is 0 Å². The lowest BCUT2D eigenvalue weighted by Gasteiger charge is -2.22. The molecule has 1 aliphatic carbocycles. The first-order chi connectivity index (χ1) is 15.0. The minimum absolute atomic E-state index is 0.0696. The highest BCUT2D eigenvalue weighted by Crippen LogP contribution is 2.31. The predicted octanol–water partition coefficient (Wildman–Crippen LogP) is 3.56. The Morgan fingerprint density at radius 1 is 1.26 bits per heavy atom. The van der Waals surface area contributed by atoms with Gasteiger partial charge in [0.25, 0.3) is 5.91 Å². The number of carbonyl (C=O) groups excluding carboxylic acids is 2. The van der Waals surface area contributed by atoms with Crippen LogP contribution in [0.15, 0.2) is 23.0 Å². The molecule has 3 rings (SSSR count). The van der Waals surface area contributed by atoms with Gasteiger partial charge >= 0.3 is 0 Å². The lowest BCUT2D eigenvalue weighted by atomic mass is 9.84. The molecule has 0 aromatic carbocycles. The molecule has 1 saturated carbocycles. The molecular weight excluding hydrogens is 398 g/mol. The summed E-state index contributed by atoms with van der Waals surface area (Å²) in [6.07, 6.45) is 12.4. The molecule has 2 aromatic rings. The van der Waals surface area contributed by atoms with Crippen LogP contribution in [0.4, 0.5) is 0 Å². The van der Waals surface area contributed by atoms with Crippen LogP contribution in [0.5, 0.6) is 0 Å². The maximum Gasteiger partial charge on any atom is 0.254 e. The molecule has 0 bridgehead atoms. The van der Waals surface area contributed by atoms with Crippen molar-refractivity contribution in [1.82, 2.24) is 25.5 Å². The van der Waals surface area contributed by atoms with E-state index in [1.165, 1.54) is 43.2 Å². The number of rotatable bonds is 9. The quantitative estimate of drug-likeness (QED) is 0.462. The minimum atomic E-state index is -0.484. The highest BCUT2D eigenvalue weighted by atomic mass is 16.5. The smallest absolute Gasteiger partial charge is 0.254 e. The Hall–Kier alpha value is -2.81. The van der Waals surface area contributed by atoms with Crippen molar-refractivity contribution in [3.63, 3.8) is 0 Å². The van der Waals surface area contributed by atoms with Gasteiger partial charge in [-0.05, 0) is 18.4 Å². The van der Waals surface area contributed by atoms with Gasteiger partial charge in [0.1, 0.15) is 0 Å². The number of hydrogen-bond acceptors (Lipinski definition) is 7. The Morgan fingerprint density at radius 3 is 2.74 bits per heavy atom. The van der Waals surface area contributed by atoms with Gasteiger partial charge in [-0.3, -0.25) is 19.8 Å². The summed E-state index contributed by atoms with van der Waals surface area (Å²) in [6.45, 7) is 0. The van der Waals surface area contributed by atoms with Gasteiger partial charge in [0.2, 0.25) is 17.6 Å². The monoisotopic (exact) mass is 429 g/mol. The highest BCUT2D eigenvalue weighted by Gasteiger charge is 2.24. The maximum atomic E-state index is 12.2. The van der Waals surface area contributed by atoms with E-state index in [1.54, 1.807) is 31.8 Å². The zero-order chi connectivity index (χ0) is 22.2. The van der Waals surface area contributed by atoms with Crippen LogP contribution in [-0.2, 0) is 4.79 Å². The van der Waals surface area contributed by atoms with Crippen LogP contribution in [0.3, 0.4) is 0 Å². The largest absolute Gasteiger partial charge is 0.345 e. The van der Waals surface area contributed by atoms with Gasteiger partial charge in [0.15, 0.2) is 0 Å². The average Bonchev–Trinajstić information content (AvgIpc) is 3.29. The number of amides is 2. The topological polar surface area (TPSA) is 121 Å². The molecule has 2 amide bonds. The summed E-state index contributed by atoms with van der Waals surface area (Å²) in [5.74, 6) is 0.490. The van der Waals surface area contributed by atoms with E-state index in [1.807, 2.05) is 0 Å². The summed E-state index contributed by atoms with van der Waals surface area (Å²) >= 11 is 0. The third-order valence-corrected chi connectivity index (χ3v) is 5.89. The number of nitrogens with zero attached hydrogens (tertiary/aromatic N) is 4. The van der Waals surface area contributed by atoms with E-state index in [2.05, 4.69) is 15.1 Å². The van der Waals surface area contributed by atoms with Crippen molar-refractivity contribution in [3.8, 4) is 11.4 Å². The van der Waals surface area contributed by atoms with Crippen LogP contribution in [0.1, 0.15) is 80.0 Å². The second-order valence-electron chi connectivity index (χ2n) is 8.49. The zero-order valence-electron chi connectivity index (χ0n) is 18.2. The number of aromatic nitrogens is 3. The fraction of sp³-hybridized carbons (Fsp3) is 0.591. The number of pyridine rings is 1. The maximum absolute atomic E-state index is 12.2. The molecule has 0 spiro atoms. The van der Waals surface area contributed by atoms with Gasteiger partial charge < -0.3 is 9.42 Å². The van der Waals surface area contributed by atoms with Crippen molar-refractivity contribution < 1.29 is 19.3 Å². The molecule has 168 valence electrons. The predicted molar refractivity (Wildman–Crippen MR) is 113 cm³/mol. The second kappa shape index (κ2) is 11.0. The zero-order valence-corrected chi connectivity index (χ0v) is 18.2. The average molecular weight is 430 g/mol. The fourth-order valence-corrected chi connectivity index (χ4v) is 4.17. The first kappa shape index (κ1) is 22.9. The molecule has 2 N–H and O–H groups in total. The highest BCUT2D eigenvalue weighted by molar-refractivity contribution is 5.94. The van der Waals surface area contributed by atoms with Gasteiger partial charge in [0, 0.05) is 44.4 Å². The van der Waals surface area contributed by atoms with E-state index in [4.69, 9.17) is 9.73 Å². The van der Waals surface area contributed by atoms with Crippen molar-refractivity contribution in [1.29, 1.82) is 0 Å². The summed E-state index contributed by atoms with van der Waals surface area (Å²) in [5, 5.41) is 13.0. The third kappa shape index (κ3) is 6.33. The minimum Gasteiger partial charge on any atom is -0.345 e. The van der Waals surface area contributed by atoms with Crippen LogP contribution < -0.4 is 5.48 Å². The Morgan fingerprint density at radius 2 is 2.03 bits per heavy atom. The molecule has 0 radical (unpaired) electrons. The van der Waals surface area contributed by atoms with Crippen molar-refractivity contribution >= 4 is 11.8 Å². The fourth-order valence-electron chi connectivity index (χ4n) is 4.17. The van der Waals surface area contributed by atoms with E-state index in [9.17, 15) is 9.59 Å². The Balaban J connectivity index is 1.71. The number of hydroxylamine groups is 1. The SMILES string of the molecule is CN(C)C(=O)c1cncc(-c2noc(C(CCCC3CCCCC3)CC(=O)NO)n2)c1. The van der Waals surface area contributed by atoms with Crippen LogP contribution in [0, 0.1) is 5.92 Å². The Labute approximate surface area is 182 Å². The molecule has 1 atom stereocenters. The van der Waals surface area contributed by atoms with Crippen LogP contribution in [-0.4, -0.2) is 51.1 Å². The van der Waals surface area contributed by atoms with E-state index >= 15 is 0 Å². The van der Waals surface area contributed by atoms with Crippen LogP contribution in [0.2, 0.25) is 0 Å². The molecular formula is C22H31N5O4. The summed E-state index contributed by atoms with van der Waals surface area (Å²) < 4.78 is 5.47. The molecule has 9 heteroatoms. The number of hydrogen-bond donors (Lipinski definition) is 2. The molecule has 9 nitrogen and oxygen atoms in total. The van der Waals surface area contributed by atoms with Crippen molar-refractivity contribution in [2.24, 2.45) is 5.92 Å². The number of nitrogens with one attached hydrogen (secondary N) is 1. The molecule has 0 aliphatic heterocycles. The lowest BCUT2D eigenvalue weighted by molar-refractivity contribution is -0.129. The summed E-state index contributed by atoms with van der Waals surface area (Å²) in [5.41, 5.74) is 2.69. The van der Waals surface area contributed by atoms with Crippen LogP contribution in [0.25, 0.3) is 11.4 Å². The molecule has 0 saturated heterocycles. The molecule has 1 fully saturated rings. The molecule has 1 aliphatic rings. The first-order valence-corrected chi connectivity index (χ1v) is 10.9. The van der Waals surface area contributed by atoms with Crippen molar-refractivity contribution in [2.45, 2.75) is 63.7 Å². The Bertz CT molecular complexity index is 876. The number of carbonyl (C=O) groups is 2. The van der Waals surface area contributed by atoms with Gasteiger partial charge in [-0.2, -0.15) is 4.98 Å². The van der Waals surface area contributed by atoms with Crippen molar-refractivity contribution in [2.75, 3.05) is 14.1 Å². The standard InChI is InChI=1S/C22H31N5O4/c1-27(2)22(29)18-11-17(13-23-14-18)20-24-21(31-26-20)16(12-19(28)25-30)10-6-9-15-7-4-3-5-8-15/h11,13-16,30H,3-10,12H2,1-2H3,(H,25,28). The van der Waals surface area contributed by atoms with E-state index in [0.717, 1.165) is 25.2 Å². The molecule has 2 heterocycles. The first-order valence-electron chi connectivity index (χ1n) is 10.9. The second-order valence-corrected chi connectivity index (χ2v) is 8.49. The molecule has 2 aromatic heterocycles. The lowest BCUT2D eigenvalue weighted by Crippen LogP contribution is -2.21. The van der Waals surface area contributed by atoms with Gasteiger partial charge in [-0.25, -0.2) is 5.48 Å². The van der Waals surface area contributed by atoms with Gasteiger partial charge in [-0.15, -0.1) is 0 Å². The molecule has 1 unspecified atom stereocenters.